The van der Waals surface area contributed by atoms with Crippen LogP contribution >= 0.6 is 11.8 Å². The van der Waals surface area contributed by atoms with Gasteiger partial charge >= 0.3 is 0 Å². The molecule has 2 nitrogen and oxygen atoms in total. The van der Waals surface area contributed by atoms with E-state index in [2.05, 4.69) is 29.7 Å². The van der Waals surface area contributed by atoms with Gasteiger partial charge in [0.05, 0.1) is 0 Å². The van der Waals surface area contributed by atoms with Crippen LogP contribution in [0.4, 0.5) is 0 Å². The summed E-state index contributed by atoms with van der Waals surface area (Å²) in [6, 6.07) is 8.55. The molecule has 1 aliphatic heterocycles. The Kier molecular flexibility index (Phi) is 2.35. The Morgan fingerprint density at radius 1 is 1.50 bits per heavy atom. The van der Waals surface area contributed by atoms with Crippen molar-refractivity contribution in [2.45, 2.75) is 16.6 Å². The van der Waals surface area contributed by atoms with Crippen LogP contribution in [0.2, 0.25) is 0 Å². The first-order chi connectivity index (χ1) is 5.90. The Hall–Kier alpha value is -0.510. The lowest BCUT2D eigenvalue weighted by molar-refractivity contribution is 0.699. The van der Waals surface area contributed by atoms with Crippen LogP contribution in [0.15, 0.2) is 29.2 Å². The summed E-state index contributed by atoms with van der Waals surface area (Å²) in [6.07, 6.45) is 1.14. The van der Waals surface area contributed by atoms with E-state index in [-0.39, 0.29) is 0 Å². The molecule has 64 valence electrons. The zero-order valence-corrected chi connectivity index (χ0v) is 7.60. The number of nitrogens with one attached hydrogen (secondary N) is 1. The molecule has 0 fully saturated rings. The Morgan fingerprint density at radius 3 is 3.08 bits per heavy atom. The monoisotopic (exact) mass is 180 g/mol. The summed E-state index contributed by atoms with van der Waals surface area (Å²) in [5.74, 6) is 5.28. The van der Waals surface area contributed by atoms with Crippen LogP contribution in [0.3, 0.4) is 0 Å². The molecule has 1 atom stereocenters. The fourth-order valence-corrected chi connectivity index (χ4v) is 2.76. The Labute approximate surface area is 76.5 Å². The van der Waals surface area contributed by atoms with Crippen molar-refractivity contribution in [2.75, 3.05) is 6.54 Å². The van der Waals surface area contributed by atoms with Crippen molar-refractivity contribution in [3.8, 4) is 0 Å². The Bertz CT molecular complexity index is 250. The van der Waals surface area contributed by atoms with Crippen LogP contribution < -0.4 is 11.3 Å². The van der Waals surface area contributed by atoms with Gasteiger partial charge in [-0.15, -0.1) is 11.8 Å². The lowest BCUT2D eigenvalue weighted by Gasteiger charge is -2.04. The molecule has 1 unspecified atom stereocenters. The topological polar surface area (TPSA) is 38.0 Å². The molecule has 1 aromatic rings. The lowest BCUT2D eigenvalue weighted by atomic mass is 10.1. The number of nitrogens with two attached hydrogens (primary N) is 1. The largest absolute Gasteiger partial charge is 0.271 e. The Balaban J connectivity index is 2.11. The third-order valence-electron chi connectivity index (χ3n) is 2.06. The standard InChI is InChI=1S/C9H12N2S/c10-11-6-8-5-7-3-1-2-4-9(7)12-8/h1-4,8,11H,5-6,10H2. The zero-order valence-electron chi connectivity index (χ0n) is 6.79. The highest BCUT2D eigenvalue weighted by atomic mass is 32.2. The van der Waals surface area contributed by atoms with Gasteiger partial charge in [0.2, 0.25) is 0 Å². The highest BCUT2D eigenvalue weighted by Crippen LogP contribution is 2.36. The molecule has 0 radical (unpaired) electrons. The number of hydrazine groups is 1. The van der Waals surface area contributed by atoms with E-state index >= 15 is 0 Å². The molecule has 0 saturated carbocycles. The molecule has 1 aromatic carbocycles. The summed E-state index contributed by atoms with van der Waals surface area (Å²) in [5, 5.41) is 0.618. The average molecular weight is 180 g/mol. The van der Waals surface area contributed by atoms with Gasteiger partial charge in [0, 0.05) is 16.7 Å². The molecular weight excluding hydrogens is 168 g/mol. The highest BCUT2D eigenvalue weighted by Gasteiger charge is 2.20. The van der Waals surface area contributed by atoms with E-state index in [0.29, 0.717) is 5.25 Å². The summed E-state index contributed by atoms with van der Waals surface area (Å²) in [7, 11) is 0. The second-order valence-electron chi connectivity index (χ2n) is 2.96. The van der Waals surface area contributed by atoms with E-state index < -0.39 is 0 Å². The molecule has 0 bridgehead atoms. The normalized spacial score (nSPS) is 20.9. The van der Waals surface area contributed by atoms with Crippen LogP contribution in [0.25, 0.3) is 0 Å². The summed E-state index contributed by atoms with van der Waals surface area (Å²) >= 11 is 1.92. The maximum atomic E-state index is 5.28. The summed E-state index contributed by atoms with van der Waals surface area (Å²) < 4.78 is 0. The number of hydrogen-bond donors (Lipinski definition) is 2. The fourth-order valence-electron chi connectivity index (χ4n) is 1.50. The molecule has 2 rings (SSSR count). The summed E-state index contributed by atoms with van der Waals surface area (Å²) in [6.45, 7) is 0.888. The van der Waals surface area contributed by atoms with E-state index in [9.17, 15) is 0 Å². The SMILES string of the molecule is NNCC1Cc2ccccc2S1. The van der Waals surface area contributed by atoms with E-state index in [0.717, 1.165) is 13.0 Å². The molecule has 0 spiro atoms. The van der Waals surface area contributed by atoms with Crippen molar-refractivity contribution in [1.82, 2.24) is 5.43 Å². The molecule has 3 heteroatoms. The maximum absolute atomic E-state index is 5.28. The van der Waals surface area contributed by atoms with Crippen LogP contribution in [-0.4, -0.2) is 11.8 Å². The molecular formula is C9H12N2S. The van der Waals surface area contributed by atoms with Crippen LogP contribution in [0, 0.1) is 0 Å². The minimum atomic E-state index is 0.618. The van der Waals surface area contributed by atoms with Crippen LogP contribution in [-0.2, 0) is 6.42 Å². The number of thioether (sulfide) groups is 1. The molecule has 1 aliphatic rings. The van der Waals surface area contributed by atoms with Crippen molar-refractivity contribution in [3.05, 3.63) is 29.8 Å². The minimum absolute atomic E-state index is 0.618. The number of hydrogen-bond acceptors (Lipinski definition) is 3. The summed E-state index contributed by atoms with van der Waals surface area (Å²) in [4.78, 5) is 1.41. The van der Waals surface area contributed by atoms with E-state index in [4.69, 9.17) is 5.84 Å². The van der Waals surface area contributed by atoms with Crippen molar-refractivity contribution in [1.29, 1.82) is 0 Å². The quantitative estimate of drug-likeness (QED) is 0.530. The molecule has 3 N–H and O–H groups in total. The van der Waals surface area contributed by atoms with E-state index in [1.165, 1.54) is 10.5 Å². The first kappa shape index (κ1) is 8.10. The van der Waals surface area contributed by atoms with Crippen molar-refractivity contribution >= 4 is 11.8 Å². The number of rotatable bonds is 2. The van der Waals surface area contributed by atoms with E-state index in [1.54, 1.807) is 0 Å². The maximum Gasteiger partial charge on any atom is 0.0274 e. The fraction of sp³-hybridized carbons (Fsp3) is 0.333. The smallest absolute Gasteiger partial charge is 0.0274 e. The number of fused-ring (bicyclic) bond motifs is 1. The molecule has 12 heavy (non-hydrogen) atoms. The van der Waals surface area contributed by atoms with Gasteiger partial charge in [0.15, 0.2) is 0 Å². The van der Waals surface area contributed by atoms with Gasteiger partial charge < -0.3 is 0 Å². The van der Waals surface area contributed by atoms with Crippen molar-refractivity contribution in [3.63, 3.8) is 0 Å². The van der Waals surface area contributed by atoms with Gasteiger partial charge in [0.25, 0.3) is 0 Å². The minimum Gasteiger partial charge on any atom is -0.271 e. The predicted molar refractivity (Wildman–Crippen MR) is 52.0 cm³/mol. The summed E-state index contributed by atoms with van der Waals surface area (Å²) in [5.41, 5.74) is 4.18. The third-order valence-corrected chi connectivity index (χ3v) is 3.38. The zero-order chi connectivity index (χ0) is 8.39. The van der Waals surface area contributed by atoms with Gasteiger partial charge in [-0.2, -0.15) is 0 Å². The first-order valence-electron chi connectivity index (χ1n) is 4.08. The van der Waals surface area contributed by atoms with Gasteiger partial charge in [0.1, 0.15) is 0 Å². The van der Waals surface area contributed by atoms with Crippen LogP contribution in [0.5, 0.6) is 0 Å². The van der Waals surface area contributed by atoms with E-state index in [1.807, 2.05) is 11.8 Å². The van der Waals surface area contributed by atoms with Gasteiger partial charge in [-0.1, -0.05) is 18.2 Å². The van der Waals surface area contributed by atoms with Gasteiger partial charge in [-0.3, -0.25) is 11.3 Å². The average Bonchev–Trinajstić information content (AvgIpc) is 2.47. The van der Waals surface area contributed by atoms with Gasteiger partial charge in [-0.25, -0.2) is 0 Å². The third kappa shape index (κ3) is 1.48. The molecule has 1 heterocycles. The highest BCUT2D eigenvalue weighted by molar-refractivity contribution is 8.00. The molecule has 0 aliphatic carbocycles. The second kappa shape index (κ2) is 3.47. The second-order valence-corrected chi connectivity index (χ2v) is 4.30. The van der Waals surface area contributed by atoms with Crippen molar-refractivity contribution < 1.29 is 0 Å². The van der Waals surface area contributed by atoms with Crippen molar-refractivity contribution in [2.24, 2.45) is 5.84 Å². The van der Waals surface area contributed by atoms with Crippen LogP contribution in [0.1, 0.15) is 5.56 Å². The Morgan fingerprint density at radius 2 is 2.33 bits per heavy atom. The molecule has 0 amide bonds. The predicted octanol–water partition coefficient (Wildman–Crippen LogP) is 1.17. The first-order valence-corrected chi connectivity index (χ1v) is 4.96. The lowest BCUT2D eigenvalue weighted by Crippen LogP contribution is -2.30. The molecule has 0 saturated heterocycles. The van der Waals surface area contributed by atoms with Gasteiger partial charge in [-0.05, 0) is 18.1 Å². The number of benzene rings is 1. The molecule has 0 aromatic heterocycles.